The lowest BCUT2D eigenvalue weighted by Crippen LogP contribution is -2.30. The molecule has 0 saturated heterocycles. The van der Waals surface area contributed by atoms with E-state index in [1.165, 1.54) is 0 Å². The van der Waals surface area contributed by atoms with Crippen LogP contribution in [0.2, 0.25) is 0 Å². The summed E-state index contributed by atoms with van der Waals surface area (Å²) in [6.07, 6.45) is 1.41. The molecule has 0 aliphatic heterocycles. The van der Waals surface area contributed by atoms with Crippen molar-refractivity contribution in [3.63, 3.8) is 0 Å². The SMILES string of the molecule is CC(CCCNC(N)=S)C(=O)O. The average Bonchev–Trinajstić information content (AvgIpc) is 1.97. The van der Waals surface area contributed by atoms with Gasteiger partial charge in [0.15, 0.2) is 5.11 Å². The van der Waals surface area contributed by atoms with E-state index in [1.807, 2.05) is 0 Å². The van der Waals surface area contributed by atoms with Crippen molar-refractivity contribution in [1.82, 2.24) is 5.32 Å². The van der Waals surface area contributed by atoms with Gasteiger partial charge in [-0.2, -0.15) is 0 Å². The number of thiocarbonyl (C=S) groups is 1. The largest absolute Gasteiger partial charge is 0.481 e. The number of hydrogen-bond donors (Lipinski definition) is 3. The quantitative estimate of drug-likeness (QED) is 0.430. The van der Waals surface area contributed by atoms with Gasteiger partial charge in [-0.05, 0) is 25.1 Å². The molecule has 1 atom stereocenters. The predicted octanol–water partition coefficient (Wildman–Crippen LogP) is 0.321. The molecule has 0 aromatic rings. The van der Waals surface area contributed by atoms with E-state index in [4.69, 9.17) is 10.8 Å². The molecule has 0 spiro atoms. The van der Waals surface area contributed by atoms with Crippen molar-refractivity contribution in [2.24, 2.45) is 11.7 Å². The molecule has 5 heteroatoms. The molecular weight excluding hydrogens is 176 g/mol. The zero-order valence-electron chi connectivity index (χ0n) is 7.04. The first kappa shape index (κ1) is 11.2. The van der Waals surface area contributed by atoms with Crippen LogP contribution in [0.4, 0.5) is 0 Å². The first-order valence-electron chi connectivity index (χ1n) is 3.80. The highest BCUT2D eigenvalue weighted by Crippen LogP contribution is 2.03. The molecule has 4 N–H and O–H groups in total. The second-order valence-electron chi connectivity index (χ2n) is 2.67. The Bertz CT molecular complexity index is 173. The zero-order valence-corrected chi connectivity index (χ0v) is 7.86. The van der Waals surface area contributed by atoms with Gasteiger partial charge in [0.05, 0.1) is 5.92 Å². The Balaban J connectivity index is 3.31. The Hall–Kier alpha value is -0.840. The number of carbonyl (C=O) groups is 1. The van der Waals surface area contributed by atoms with Crippen LogP contribution in [0.1, 0.15) is 19.8 Å². The first-order valence-corrected chi connectivity index (χ1v) is 4.21. The number of carboxylic acids is 1. The molecule has 0 amide bonds. The molecule has 0 aromatic carbocycles. The lowest BCUT2D eigenvalue weighted by atomic mass is 10.1. The minimum absolute atomic E-state index is 0.262. The molecule has 0 saturated carbocycles. The lowest BCUT2D eigenvalue weighted by molar-refractivity contribution is -0.141. The van der Waals surface area contributed by atoms with Crippen LogP contribution >= 0.6 is 12.2 Å². The van der Waals surface area contributed by atoms with Gasteiger partial charge in [-0.3, -0.25) is 4.79 Å². The summed E-state index contributed by atoms with van der Waals surface area (Å²) in [6.45, 7) is 2.33. The summed E-state index contributed by atoms with van der Waals surface area (Å²) in [5.41, 5.74) is 5.17. The Kier molecular flexibility index (Phi) is 5.36. The summed E-state index contributed by atoms with van der Waals surface area (Å²) in [7, 11) is 0. The van der Waals surface area contributed by atoms with Gasteiger partial charge in [-0.25, -0.2) is 0 Å². The molecule has 0 radical (unpaired) electrons. The van der Waals surface area contributed by atoms with E-state index in [9.17, 15) is 4.79 Å². The standard InChI is InChI=1S/C7H14N2O2S/c1-5(6(10)11)3-2-4-9-7(8)12/h5H,2-4H2,1H3,(H,10,11)(H3,8,9,12). The van der Waals surface area contributed by atoms with Gasteiger partial charge in [0.2, 0.25) is 0 Å². The predicted molar refractivity (Wildman–Crippen MR) is 50.8 cm³/mol. The molecular formula is C7H14N2O2S. The summed E-state index contributed by atoms with van der Waals surface area (Å²) < 4.78 is 0. The number of nitrogens with one attached hydrogen (secondary N) is 1. The number of hydrogen-bond acceptors (Lipinski definition) is 2. The van der Waals surface area contributed by atoms with Gasteiger partial charge in [-0.15, -0.1) is 0 Å². The van der Waals surface area contributed by atoms with Crippen LogP contribution in [-0.4, -0.2) is 22.7 Å². The Morgan fingerprint density at radius 2 is 2.33 bits per heavy atom. The maximum atomic E-state index is 10.4. The Morgan fingerprint density at radius 3 is 2.75 bits per heavy atom. The van der Waals surface area contributed by atoms with Gasteiger partial charge < -0.3 is 16.2 Å². The second-order valence-corrected chi connectivity index (χ2v) is 3.11. The number of carboxylic acid groups (broad SMARTS) is 1. The smallest absolute Gasteiger partial charge is 0.306 e. The third-order valence-electron chi connectivity index (χ3n) is 1.53. The van der Waals surface area contributed by atoms with Gasteiger partial charge in [0, 0.05) is 6.54 Å². The Labute approximate surface area is 77.1 Å². The maximum absolute atomic E-state index is 10.4. The van der Waals surface area contributed by atoms with E-state index in [0.717, 1.165) is 6.42 Å². The lowest BCUT2D eigenvalue weighted by Gasteiger charge is -2.06. The van der Waals surface area contributed by atoms with E-state index < -0.39 is 5.97 Å². The van der Waals surface area contributed by atoms with E-state index in [0.29, 0.717) is 13.0 Å². The topological polar surface area (TPSA) is 75.3 Å². The minimum atomic E-state index is -0.759. The molecule has 0 rings (SSSR count). The highest BCUT2D eigenvalue weighted by molar-refractivity contribution is 7.80. The van der Waals surface area contributed by atoms with Gasteiger partial charge >= 0.3 is 5.97 Å². The highest BCUT2D eigenvalue weighted by atomic mass is 32.1. The fourth-order valence-electron chi connectivity index (χ4n) is 0.743. The maximum Gasteiger partial charge on any atom is 0.306 e. The van der Waals surface area contributed by atoms with Crippen LogP contribution in [0.3, 0.4) is 0 Å². The molecule has 1 unspecified atom stereocenters. The van der Waals surface area contributed by atoms with Crippen LogP contribution in [0.15, 0.2) is 0 Å². The highest BCUT2D eigenvalue weighted by Gasteiger charge is 2.09. The molecule has 0 fully saturated rings. The van der Waals surface area contributed by atoms with E-state index >= 15 is 0 Å². The summed E-state index contributed by atoms with van der Waals surface area (Å²) in [5, 5.41) is 11.5. The van der Waals surface area contributed by atoms with E-state index in [1.54, 1.807) is 6.92 Å². The monoisotopic (exact) mass is 190 g/mol. The molecule has 12 heavy (non-hydrogen) atoms. The van der Waals surface area contributed by atoms with Crippen LogP contribution in [0.5, 0.6) is 0 Å². The van der Waals surface area contributed by atoms with Crippen molar-refractivity contribution < 1.29 is 9.90 Å². The molecule has 0 heterocycles. The van der Waals surface area contributed by atoms with Crippen LogP contribution in [0.25, 0.3) is 0 Å². The van der Waals surface area contributed by atoms with Crippen LogP contribution < -0.4 is 11.1 Å². The number of aliphatic carboxylic acids is 1. The number of rotatable bonds is 5. The molecule has 0 aromatic heterocycles. The van der Waals surface area contributed by atoms with Gasteiger partial charge in [0.25, 0.3) is 0 Å². The van der Waals surface area contributed by atoms with Crippen molar-refractivity contribution in [2.75, 3.05) is 6.54 Å². The summed E-state index contributed by atoms with van der Waals surface area (Å²) >= 11 is 4.58. The van der Waals surface area contributed by atoms with Gasteiger partial charge in [0.1, 0.15) is 0 Å². The molecule has 70 valence electrons. The first-order chi connectivity index (χ1) is 5.54. The average molecular weight is 190 g/mol. The summed E-state index contributed by atoms with van der Waals surface area (Å²) in [4.78, 5) is 10.4. The molecule has 0 aliphatic rings. The van der Waals surface area contributed by atoms with Crippen molar-refractivity contribution in [3.8, 4) is 0 Å². The van der Waals surface area contributed by atoms with Crippen LogP contribution in [0, 0.1) is 5.92 Å². The van der Waals surface area contributed by atoms with Crippen molar-refractivity contribution in [3.05, 3.63) is 0 Å². The van der Waals surface area contributed by atoms with Gasteiger partial charge in [-0.1, -0.05) is 6.92 Å². The van der Waals surface area contributed by atoms with E-state index in [2.05, 4.69) is 17.5 Å². The van der Waals surface area contributed by atoms with Crippen molar-refractivity contribution >= 4 is 23.3 Å². The fourth-order valence-corrected chi connectivity index (χ4v) is 0.845. The summed E-state index contributed by atoms with van der Waals surface area (Å²) in [5.74, 6) is -1.05. The number of nitrogens with two attached hydrogens (primary N) is 1. The normalized spacial score (nSPS) is 12.1. The van der Waals surface area contributed by atoms with E-state index in [-0.39, 0.29) is 11.0 Å². The third kappa shape index (κ3) is 5.91. The zero-order chi connectivity index (χ0) is 9.56. The summed E-state index contributed by atoms with van der Waals surface area (Å²) in [6, 6.07) is 0. The third-order valence-corrected chi connectivity index (χ3v) is 1.68. The van der Waals surface area contributed by atoms with Crippen molar-refractivity contribution in [1.29, 1.82) is 0 Å². The molecule has 0 bridgehead atoms. The fraction of sp³-hybridized carbons (Fsp3) is 0.714. The van der Waals surface area contributed by atoms with Crippen LogP contribution in [-0.2, 0) is 4.79 Å². The molecule has 0 aliphatic carbocycles. The minimum Gasteiger partial charge on any atom is -0.481 e. The van der Waals surface area contributed by atoms with Crippen molar-refractivity contribution in [2.45, 2.75) is 19.8 Å². The Morgan fingerprint density at radius 1 is 1.75 bits per heavy atom. The molecule has 4 nitrogen and oxygen atoms in total. The second kappa shape index (κ2) is 5.77.